The fourth-order valence-electron chi connectivity index (χ4n) is 1.22. The Labute approximate surface area is 103 Å². The monoisotopic (exact) mass is 284 g/mol. The molecule has 0 aliphatic rings. The Balaban J connectivity index is 2.87. The van der Waals surface area contributed by atoms with Crippen molar-refractivity contribution in [3.8, 4) is 0 Å². The van der Waals surface area contributed by atoms with Crippen LogP contribution < -0.4 is 10.5 Å². The second kappa shape index (κ2) is 4.97. The van der Waals surface area contributed by atoms with E-state index in [0.717, 1.165) is 4.88 Å². The predicted molar refractivity (Wildman–Crippen MR) is 63.0 cm³/mol. The summed E-state index contributed by atoms with van der Waals surface area (Å²) in [6.45, 7) is 1.51. The minimum Gasteiger partial charge on any atom is -0.325 e. The highest BCUT2D eigenvalue weighted by molar-refractivity contribution is 7.89. The van der Waals surface area contributed by atoms with Crippen molar-refractivity contribution in [1.82, 2.24) is 4.72 Å². The maximum Gasteiger partial charge on any atom is 0.273 e. The quantitative estimate of drug-likeness (QED) is 0.854. The molecule has 0 aliphatic heterocycles. The highest BCUT2D eigenvalue weighted by atomic mass is 32.2. The van der Waals surface area contributed by atoms with Crippen molar-refractivity contribution in [3.63, 3.8) is 0 Å². The number of rotatable bonds is 5. The summed E-state index contributed by atoms with van der Waals surface area (Å²) in [4.78, 5) is 1.44. The lowest BCUT2D eigenvalue weighted by molar-refractivity contribution is 0.0170. The van der Waals surface area contributed by atoms with E-state index in [1.54, 1.807) is 13.8 Å². The van der Waals surface area contributed by atoms with Crippen LogP contribution in [-0.4, -0.2) is 27.4 Å². The van der Waals surface area contributed by atoms with Gasteiger partial charge in [0.25, 0.3) is 5.92 Å². The Bertz CT molecular complexity index is 497. The van der Waals surface area contributed by atoms with Crippen LogP contribution in [0, 0.1) is 13.8 Å². The molecule has 0 aliphatic carbocycles. The molecular formula is C9H14F2N2O2S2. The lowest BCUT2D eigenvalue weighted by atomic mass is 10.3. The van der Waals surface area contributed by atoms with E-state index in [1.807, 2.05) is 4.72 Å². The first-order valence-corrected chi connectivity index (χ1v) is 7.12. The molecule has 3 N–H and O–H groups in total. The van der Waals surface area contributed by atoms with Crippen LogP contribution in [0.4, 0.5) is 8.78 Å². The first-order valence-electron chi connectivity index (χ1n) is 4.82. The van der Waals surface area contributed by atoms with Crippen LogP contribution in [0.2, 0.25) is 0 Å². The summed E-state index contributed by atoms with van der Waals surface area (Å²) >= 11 is 1.30. The van der Waals surface area contributed by atoms with Crippen LogP contribution in [0.1, 0.15) is 9.75 Å². The number of nitrogens with two attached hydrogens (primary N) is 1. The van der Waals surface area contributed by atoms with Gasteiger partial charge in [0.15, 0.2) is 0 Å². The first kappa shape index (κ1) is 14.5. The molecule has 0 unspecified atom stereocenters. The number of aryl methyl sites for hydroxylation is 2. The minimum absolute atomic E-state index is 0.0489. The van der Waals surface area contributed by atoms with Gasteiger partial charge in [0.05, 0.1) is 18.0 Å². The second-order valence-electron chi connectivity index (χ2n) is 3.66. The van der Waals surface area contributed by atoms with E-state index in [1.165, 1.54) is 17.4 Å². The van der Waals surface area contributed by atoms with Gasteiger partial charge < -0.3 is 5.73 Å². The minimum atomic E-state index is -3.89. The maximum absolute atomic E-state index is 12.9. The summed E-state index contributed by atoms with van der Waals surface area (Å²) in [5.41, 5.74) is 4.83. The van der Waals surface area contributed by atoms with Crippen LogP contribution in [-0.2, 0) is 10.0 Å². The van der Waals surface area contributed by atoms with Gasteiger partial charge in [0.2, 0.25) is 10.0 Å². The summed E-state index contributed by atoms with van der Waals surface area (Å²) in [6.07, 6.45) is 0. The molecule has 8 heteroatoms. The largest absolute Gasteiger partial charge is 0.325 e. The lowest BCUT2D eigenvalue weighted by Crippen LogP contribution is -2.41. The molecule has 17 heavy (non-hydrogen) atoms. The standard InChI is InChI=1S/C9H14F2N2O2S2/c1-6-3-8(7(2)16-6)17(14,15)13-5-9(10,11)4-12/h3,13H,4-5,12H2,1-2H3. The molecule has 0 bridgehead atoms. The van der Waals surface area contributed by atoms with Crippen molar-refractivity contribution in [2.45, 2.75) is 24.7 Å². The summed E-state index contributed by atoms with van der Waals surface area (Å²) in [6, 6.07) is 1.46. The fraction of sp³-hybridized carbons (Fsp3) is 0.556. The van der Waals surface area contributed by atoms with Crippen molar-refractivity contribution in [2.24, 2.45) is 5.73 Å². The average Bonchev–Trinajstić information content (AvgIpc) is 2.56. The first-order chi connectivity index (χ1) is 7.68. The topological polar surface area (TPSA) is 72.2 Å². The van der Waals surface area contributed by atoms with Gasteiger partial charge in [0.1, 0.15) is 0 Å². The van der Waals surface area contributed by atoms with Crippen molar-refractivity contribution in [1.29, 1.82) is 0 Å². The molecule has 0 amide bonds. The normalized spacial score (nSPS) is 13.0. The zero-order valence-corrected chi connectivity index (χ0v) is 11.1. The summed E-state index contributed by atoms with van der Waals surface area (Å²) < 4.78 is 51.1. The summed E-state index contributed by atoms with van der Waals surface area (Å²) in [5, 5.41) is 0. The van der Waals surface area contributed by atoms with Gasteiger partial charge in [-0.05, 0) is 19.9 Å². The number of hydrogen-bond donors (Lipinski definition) is 2. The smallest absolute Gasteiger partial charge is 0.273 e. The lowest BCUT2D eigenvalue weighted by Gasteiger charge is -2.14. The molecular weight excluding hydrogens is 270 g/mol. The molecule has 0 aromatic carbocycles. The highest BCUT2D eigenvalue weighted by Crippen LogP contribution is 2.25. The highest BCUT2D eigenvalue weighted by Gasteiger charge is 2.30. The molecule has 1 rings (SSSR count). The second-order valence-corrected chi connectivity index (χ2v) is 6.86. The van der Waals surface area contributed by atoms with E-state index in [-0.39, 0.29) is 4.90 Å². The summed E-state index contributed by atoms with van der Waals surface area (Å²) in [7, 11) is -3.89. The van der Waals surface area contributed by atoms with Gasteiger partial charge in [-0.3, -0.25) is 0 Å². The van der Waals surface area contributed by atoms with Crippen molar-refractivity contribution in [2.75, 3.05) is 13.1 Å². The third-order valence-electron chi connectivity index (χ3n) is 2.10. The average molecular weight is 284 g/mol. The molecule has 1 aromatic heterocycles. The Hall–Kier alpha value is -0.570. The molecule has 0 saturated heterocycles. The Morgan fingerprint density at radius 3 is 2.47 bits per heavy atom. The molecule has 98 valence electrons. The van der Waals surface area contributed by atoms with E-state index in [4.69, 9.17) is 5.73 Å². The molecule has 1 heterocycles. The molecule has 1 aromatic rings. The molecule has 0 spiro atoms. The molecule has 0 atom stereocenters. The van der Waals surface area contributed by atoms with Crippen molar-refractivity contribution >= 4 is 21.4 Å². The number of thiophene rings is 1. The third kappa shape index (κ3) is 3.70. The van der Waals surface area contributed by atoms with Crippen LogP contribution in [0.3, 0.4) is 0 Å². The zero-order chi connectivity index (χ0) is 13.3. The van der Waals surface area contributed by atoms with Gasteiger partial charge in [-0.15, -0.1) is 11.3 Å². The van der Waals surface area contributed by atoms with Crippen molar-refractivity contribution < 1.29 is 17.2 Å². The Morgan fingerprint density at radius 2 is 2.06 bits per heavy atom. The number of alkyl halides is 2. The molecule has 4 nitrogen and oxygen atoms in total. The molecule has 0 radical (unpaired) electrons. The van der Waals surface area contributed by atoms with E-state index < -0.39 is 29.0 Å². The van der Waals surface area contributed by atoms with Crippen LogP contribution >= 0.6 is 11.3 Å². The van der Waals surface area contributed by atoms with Crippen molar-refractivity contribution in [3.05, 3.63) is 15.8 Å². The van der Waals surface area contributed by atoms with Gasteiger partial charge in [-0.25, -0.2) is 21.9 Å². The number of sulfonamides is 1. The van der Waals surface area contributed by atoms with Gasteiger partial charge in [-0.1, -0.05) is 0 Å². The maximum atomic E-state index is 12.9. The number of nitrogens with one attached hydrogen (secondary N) is 1. The van der Waals surface area contributed by atoms with E-state index in [9.17, 15) is 17.2 Å². The number of halogens is 2. The molecule has 0 saturated carbocycles. The van der Waals surface area contributed by atoms with Crippen LogP contribution in [0.5, 0.6) is 0 Å². The zero-order valence-electron chi connectivity index (χ0n) is 9.46. The van der Waals surface area contributed by atoms with Crippen LogP contribution in [0.25, 0.3) is 0 Å². The van der Waals surface area contributed by atoms with Gasteiger partial charge in [-0.2, -0.15) is 0 Å². The van der Waals surface area contributed by atoms with E-state index in [2.05, 4.69) is 0 Å². The molecule has 0 fully saturated rings. The third-order valence-corrected chi connectivity index (χ3v) is 4.73. The number of hydrogen-bond acceptors (Lipinski definition) is 4. The van der Waals surface area contributed by atoms with Gasteiger partial charge in [0, 0.05) is 9.75 Å². The summed E-state index contributed by atoms with van der Waals surface area (Å²) in [5.74, 6) is -3.23. The predicted octanol–water partition coefficient (Wildman–Crippen LogP) is 1.24. The fourth-order valence-corrected chi connectivity index (χ4v) is 3.84. The van der Waals surface area contributed by atoms with E-state index in [0.29, 0.717) is 4.88 Å². The Kier molecular flexibility index (Phi) is 4.23. The Morgan fingerprint density at radius 1 is 1.47 bits per heavy atom. The van der Waals surface area contributed by atoms with Gasteiger partial charge >= 0.3 is 0 Å². The van der Waals surface area contributed by atoms with E-state index >= 15 is 0 Å². The SMILES string of the molecule is Cc1cc(S(=O)(=O)NCC(F)(F)CN)c(C)s1. The van der Waals surface area contributed by atoms with Crippen LogP contribution in [0.15, 0.2) is 11.0 Å².